The van der Waals surface area contributed by atoms with Gasteiger partial charge in [0.15, 0.2) is 0 Å². The summed E-state index contributed by atoms with van der Waals surface area (Å²) in [7, 11) is 8.62. The Balaban J connectivity index is 2.92. The first-order valence-electron chi connectivity index (χ1n) is 7.47. The first-order chi connectivity index (χ1) is 9.30. The summed E-state index contributed by atoms with van der Waals surface area (Å²) >= 11 is 0. The molecular weight excluding hydrogens is 246 g/mol. The number of nitrogens with zero attached hydrogens (tertiary/aromatic N) is 3. The average Bonchev–Trinajstić information content (AvgIpc) is 2.43. The van der Waals surface area contributed by atoms with Gasteiger partial charge in [0.2, 0.25) is 0 Å². The Kier molecular flexibility index (Phi) is 6.03. The minimum absolute atomic E-state index is 0.0233. The zero-order valence-corrected chi connectivity index (χ0v) is 14.3. The molecule has 0 amide bonds. The summed E-state index contributed by atoms with van der Waals surface area (Å²) < 4.78 is 0. The summed E-state index contributed by atoms with van der Waals surface area (Å²) in [6.45, 7) is 10.1. The van der Waals surface area contributed by atoms with Crippen LogP contribution in [0.4, 0.5) is 5.69 Å². The van der Waals surface area contributed by atoms with Crippen molar-refractivity contribution in [2.24, 2.45) is 0 Å². The molecule has 0 aliphatic carbocycles. The first kappa shape index (κ1) is 17.0. The van der Waals surface area contributed by atoms with E-state index in [4.69, 9.17) is 0 Å². The van der Waals surface area contributed by atoms with Crippen molar-refractivity contribution in [2.75, 3.05) is 52.7 Å². The van der Waals surface area contributed by atoms with Crippen LogP contribution in [0.25, 0.3) is 0 Å². The van der Waals surface area contributed by atoms with E-state index in [0.717, 1.165) is 19.6 Å². The maximum Gasteiger partial charge on any atom is 0.0422 e. The summed E-state index contributed by atoms with van der Waals surface area (Å²) in [6.07, 6.45) is 0. The van der Waals surface area contributed by atoms with E-state index in [9.17, 15) is 0 Å². The van der Waals surface area contributed by atoms with Gasteiger partial charge in [-0.3, -0.25) is 4.90 Å². The lowest BCUT2D eigenvalue weighted by Gasteiger charge is -2.39. The van der Waals surface area contributed by atoms with E-state index < -0.39 is 0 Å². The van der Waals surface area contributed by atoms with Crippen LogP contribution in [-0.4, -0.2) is 57.6 Å². The number of hydrogen-bond donors (Lipinski definition) is 0. The van der Waals surface area contributed by atoms with Gasteiger partial charge in [0.25, 0.3) is 0 Å². The summed E-state index contributed by atoms with van der Waals surface area (Å²) in [5.74, 6) is 0. The van der Waals surface area contributed by atoms with E-state index in [0.29, 0.717) is 0 Å². The number of benzene rings is 1. The highest BCUT2D eigenvalue weighted by atomic mass is 15.2. The molecule has 114 valence electrons. The van der Waals surface area contributed by atoms with E-state index in [1.807, 2.05) is 0 Å². The van der Waals surface area contributed by atoms with Crippen molar-refractivity contribution >= 4 is 5.69 Å². The van der Waals surface area contributed by atoms with Crippen molar-refractivity contribution in [3.05, 3.63) is 29.8 Å². The minimum Gasteiger partial charge on any atom is -0.377 e. The molecule has 20 heavy (non-hydrogen) atoms. The lowest BCUT2D eigenvalue weighted by Crippen LogP contribution is -2.43. The molecule has 0 unspecified atom stereocenters. The molecule has 3 nitrogen and oxygen atoms in total. The largest absolute Gasteiger partial charge is 0.377 e. The Bertz CT molecular complexity index is 412. The van der Waals surface area contributed by atoms with Crippen molar-refractivity contribution in [1.29, 1.82) is 0 Å². The molecule has 1 rings (SSSR count). The Labute approximate surface area is 125 Å². The number of rotatable bonds is 7. The van der Waals surface area contributed by atoms with E-state index in [-0.39, 0.29) is 5.54 Å². The predicted molar refractivity (Wildman–Crippen MR) is 89.6 cm³/mol. The molecule has 0 saturated heterocycles. The van der Waals surface area contributed by atoms with Gasteiger partial charge in [-0.2, -0.15) is 0 Å². The molecule has 0 atom stereocenters. The molecule has 1 aromatic rings. The van der Waals surface area contributed by atoms with Crippen LogP contribution in [0.15, 0.2) is 24.3 Å². The molecule has 0 spiro atoms. The van der Waals surface area contributed by atoms with Crippen LogP contribution in [0.3, 0.4) is 0 Å². The fourth-order valence-electron chi connectivity index (χ4n) is 2.34. The SMILES string of the molecule is CCN(C)CCN(C)C(C)(C)c1ccccc1N(C)C. The summed E-state index contributed by atoms with van der Waals surface area (Å²) in [6, 6.07) is 8.69. The normalized spacial score (nSPS) is 12.2. The standard InChI is InChI=1S/C17H31N3/c1-8-19(6)13-14-20(7)17(2,3)15-11-9-10-12-16(15)18(4)5/h9-12H,8,13-14H2,1-7H3. The van der Waals surface area contributed by atoms with Gasteiger partial charge < -0.3 is 9.80 Å². The zero-order valence-electron chi connectivity index (χ0n) is 14.3. The highest BCUT2D eigenvalue weighted by Gasteiger charge is 2.28. The van der Waals surface area contributed by atoms with Crippen LogP contribution in [0, 0.1) is 0 Å². The van der Waals surface area contributed by atoms with Gasteiger partial charge in [-0.15, -0.1) is 0 Å². The minimum atomic E-state index is 0.0233. The van der Waals surface area contributed by atoms with Gasteiger partial charge in [0.05, 0.1) is 0 Å². The van der Waals surface area contributed by atoms with E-state index >= 15 is 0 Å². The Hall–Kier alpha value is -1.06. The van der Waals surface area contributed by atoms with E-state index in [1.54, 1.807) is 0 Å². The Morgan fingerprint density at radius 2 is 1.55 bits per heavy atom. The van der Waals surface area contributed by atoms with Gasteiger partial charge in [-0.05, 0) is 46.1 Å². The third kappa shape index (κ3) is 3.97. The highest BCUT2D eigenvalue weighted by Crippen LogP contribution is 2.33. The van der Waals surface area contributed by atoms with Crippen molar-refractivity contribution in [3.63, 3.8) is 0 Å². The fraction of sp³-hybridized carbons (Fsp3) is 0.647. The predicted octanol–water partition coefficient (Wildman–Crippen LogP) is 2.87. The summed E-state index contributed by atoms with van der Waals surface area (Å²) in [4.78, 5) is 7.00. The van der Waals surface area contributed by atoms with Gasteiger partial charge >= 0.3 is 0 Å². The molecule has 0 N–H and O–H groups in total. The maximum absolute atomic E-state index is 2.45. The van der Waals surface area contributed by atoms with Crippen molar-refractivity contribution in [3.8, 4) is 0 Å². The fourth-order valence-corrected chi connectivity index (χ4v) is 2.34. The smallest absolute Gasteiger partial charge is 0.0422 e. The van der Waals surface area contributed by atoms with Crippen LogP contribution in [0.2, 0.25) is 0 Å². The van der Waals surface area contributed by atoms with Crippen molar-refractivity contribution < 1.29 is 0 Å². The Morgan fingerprint density at radius 3 is 2.10 bits per heavy atom. The first-order valence-corrected chi connectivity index (χ1v) is 7.47. The van der Waals surface area contributed by atoms with E-state index in [1.165, 1.54) is 11.3 Å². The van der Waals surface area contributed by atoms with Crippen LogP contribution < -0.4 is 4.90 Å². The van der Waals surface area contributed by atoms with Gasteiger partial charge in [0.1, 0.15) is 0 Å². The number of anilines is 1. The number of hydrogen-bond acceptors (Lipinski definition) is 3. The lowest BCUT2D eigenvalue weighted by atomic mass is 9.90. The van der Waals surface area contributed by atoms with Crippen molar-refractivity contribution in [1.82, 2.24) is 9.80 Å². The second-order valence-corrected chi connectivity index (χ2v) is 6.29. The molecule has 0 aliphatic rings. The molecule has 0 aromatic heterocycles. The number of para-hydroxylation sites is 1. The molecule has 0 bridgehead atoms. The molecule has 1 aromatic carbocycles. The third-order valence-electron chi connectivity index (χ3n) is 4.36. The molecule has 0 radical (unpaired) electrons. The molecular formula is C17H31N3. The van der Waals surface area contributed by atoms with Crippen molar-refractivity contribution in [2.45, 2.75) is 26.3 Å². The van der Waals surface area contributed by atoms with Crippen LogP contribution in [-0.2, 0) is 5.54 Å². The molecule has 0 aliphatic heterocycles. The summed E-state index contributed by atoms with van der Waals surface area (Å²) in [5.41, 5.74) is 2.70. The highest BCUT2D eigenvalue weighted by molar-refractivity contribution is 5.55. The third-order valence-corrected chi connectivity index (χ3v) is 4.36. The second-order valence-electron chi connectivity index (χ2n) is 6.29. The maximum atomic E-state index is 2.45. The monoisotopic (exact) mass is 277 g/mol. The topological polar surface area (TPSA) is 9.72 Å². The van der Waals surface area contributed by atoms with Crippen LogP contribution in [0.1, 0.15) is 26.3 Å². The van der Waals surface area contributed by atoms with E-state index in [2.05, 4.69) is 87.9 Å². The summed E-state index contributed by atoms with van der Waals surface area (Å²) in [5, 5.41) is 0. The van der Waals surface area contributed by atoms with Gasteiger partial charge in [-0.1, -0.05) is 25.1 Å². The molecule has 0 fully saturated rings. The average molecular weight is 277 g/mol. The second kappa shape index (κ2) is 7.09. The molecule has 0 saturated carbocycles. The number of likely N-dealkylation sites (N-methyl/N-ethyl adjacent to an activating group) is 2. The van der Waals surface area contributed by atoms with Crippen LogP contribution in [0.5, 0.6) is 0 Å². The molecule has 0 heterocycles. The van der Waals surface area contributed by atoms with Crippen LogP contribution >= 0.6 is 0 Å². The zero-order chi connectivity index (χ0) is 15.3. The molecule has 3 heteroatoms. The quantitative estimate of drug-likeness (QED) is 0.759. The lowest BCUT2D eigenvalue weighted by molar-refractivity contribution is 0.140. The Morgan fingerprint density at radius 1 is 0.950 bits per heavy atom. The van der Waals surface area contributed by atoms with Gasteiger partial charge in [0, 0.05) is 38.4 Å². The van der Waals surface area contributed by atoms with Gasteiger partial charge in [-0.25, -0.2) is 0 Å².